The van der Waals surface area contributed by atoms with Crippen LogP contribution in [-0.2, 0) is 9.47 Å². The van der Waals surface area contributed by atoms with Crippen molar-refractivity contribution >= 4 is 11.6 Å². The van der Waals surface area contributed by atoms with E-state index in [1.807, 2.05) is 0 Å². The summed E-state index contributed by atoms with van der Waals surface area (Å²) in [6.45, 7) is 0. The van der Waals surface area contributed by atoms with Crippen LogP contribution in [0.3, 0.4) is 0 Å². The Balaban J connectivity index is 5.96. The summed E-state index contributed by atoms with van der Waals surface area (Å²) in [5.74, 6) is -15.9. The van der Waals surface area contributed by atoms with Crippen LogP contribution in [0.2, 0.25) is 0 Å². The van der Waals surface area contributed by atoms with Crippen molar-refractivity contribution in [2.45, 2.75) is 47.8 Å². The Morgan fingerprint density at radius 3 is 0.929 bits per heavy atom. The van der Waals surface area contributed by atoms with E-state index in [0.717, 1.165) is 0 Å². The number of alkyl halides is 18. The Bertz CT molecular complexity index is 560. The van der Waals surface area contributed by atoms with Crippen LogP contribution >= 0.6 is 11.6 Å². The number of ether oxygens (including phenoxy) is 2. The Morgan fingerprint density at radius 2 is 0.679 bits per heavy atom. The van der Waals surface area contributed by atoms with Crippen molar-refractivity contribution in [2.75, 3.05) is 0 Å². The fraction of sp³-hybridized carbons (Fsp3) is 1.00. The zero-order valence-corrected chi connectivity index (χ0v) is 12.4. The molecular weight excluding hydrogens is 487 g/mol. The number of halogens is 18. The minimum Gasteiger partial charge on any atom is -0.243 e. The van der Waals surface area contributed by atoms with Gasteiger partial charge in [0.1, 0.15) is 0 Å². The largest absolute Gasteiger partial charge is 0.460 e. The minimum absolute atomic E-state index is 1.20. The Morgan fingerprint density at radius 1 is 0.393 bits per heavy atom. The average Bonchev–Trinajstić information content (AvgIpc) is 2.32. The Kier molecular flexibility index (Phi) is 6.54. The Labute approximate surface area is 145 Å². The lowest BCUT2D eigenvalue weighted by Gasteiger charge is -2.36. The number of hydrogen-bond acceptors (Lipinski definition) is 2. The van der Waals surface area contributed by atoms with Crippen LogP contribution in [0.5, 0.6) is 0 Å². The van der Waals surface area contributed by atoms with Crippen molar-refractivity contribution in [1.29, 1.82) is 0 Å². The first-order valence-corrected chi connectivity index (χ1v) is 5.85. The molecule has 0 bridgehead atoms. The van der Waals surface area contributed by atoms with Gasteiger partial charge < -0.3 is 0 Å². The van der Waals surface area contributed by atoms with Crippen LogP contribution in [0.4, 0.5) is 74.6 Å². The SMILES string of the molecule is FC(F)(F)C(F)(F)C(F)(F)C(F)(F)OC(F)(F)C(F)(F)OC(F)(F)C(F)(F)Cl. The molecule has 0 fully saturated rings. The smallest absolute Gasteiger partial charge is 0.243 e. The summed E-state index contributed by atoms with van der Waals surface area (Å²) in [6.07, 6.45) is -37.3. The zero-order chi connectivity index (χ0) is 23.4. The predicted molar refractivity (Wildman–Crippen MR) is 48.7 cm³/mol. The highest BCUT2D eigenvalue weighted by Crippen LogP contribution is 2.56. The molecule has 28 heavy (non-hydrogen) atoms. The van der Waals surface area contributed by atoms with Crippen molar-refractivity contribution in [3.63, 3.8) is 0 Å². The summed E-state index contributed by atoms with van der Waals surface area (Å²) >= 11 is 3.48. The van der Waals surface area contributed by atoms with Crippen LogP contribution in [0, 0.1) is 0 Å². The van der Waals surface area contributed by atoms with Gasteiger partial charge in [0.15, 0.2) is 0 Å². The number of hydrogen-bond donors (Lipinski definition) is 0. The van der Waals surface area contributed by atoms with Gasteiger partial charge >= 0.3 is 47.8 Å². The molecule has 0 aliphatic rings. The van der Waals surface area contributed by atoms with Gasteiger partial charge in [0.2, 0.25) is 0 Å². The van der Waals surface area contributed by atoms with Crippen molar-refractivity contribution in [1.82, 2.24) is 0 Å². The standard InChI is InChI=1S/C8ClF17O2/c9-3(14,15)6(21,22)28-8(25,26)7(23,24)27-5(19,20)2(12,13)1(10,11)4(16,17)18. The fourth-order valence-electron chi connectivity index (χ4n) is 0.924. The molecule has 0 spiro atoms. The lowest BCUT2D eigenvalue weighted by Crippen LogP contribution is -2.64. The second-order valence-corrected chi connectivity index (χ2v) is 4.89. The first kappa shape index (κ1) is 27.0. The molecule has 0 atom stereocenters. The fourth-order valence-corrected chi connectivity index (χ4v) is 0.962. The van der Waals surface area contributed by atoms with E-state index in [2.05, 4.69) is 11.6 Å². The third-order valence-corrected chi connectivity index (χ3v) is 2.52. The van der Waals surface area contributed by atoms with Gasteiger partial charge in [-0.1, -0.05) is 0 Å². The van der Waals surface area contributed by atoms with E-state index in [0.29, 0.717) is 0 Å². The normalized spacial score (nSPS) is 16.5. The van der Waals surface area contributed by atoms with Crippen molar-refractivity contribution in [3.05, 3.63) is 0 Å². The molecule has 0 saturated carbocycles. The van der Waals surface area contributed by atoms with E-state index in [4.69, 9.17) is 0 Å². The summed E-state index contributed by atoms with van der Waals surface area (Å²) in [4.78, 5) is 0. The lowest BCUT2D eigenvalue weighted by molar-refractivity contribution is -0.547. The van der Waals surface area contributed by atoms with Gasteiger partial charge in [0, 0.05) is 0 Å². The van der Waals surface area contributed by atoms with Crippen LogP contribution in [0.1, 0.15) is 0 Å². The second-order valence-electron chi connectivity index (χ2n) is 4.42. The maximum atomic E-state index is 12.8. The zero-order valence-electron chi connectivity index (χ0n) is 11.6. The molecular formula is C8ClF17O2. The van der Waals surface area contributed by atoms with E-state index in [1.54, 1.807) is 0 Å². The molecule has 0 aromatic carbocycles. The van der Waals surface area contributed by atoms with Crippen molar-refractivity contribution in [3.8, 4) is 0 Å². The van der Waals surface area contributed by atoms with Gasteiger partial charge in [-0.15, -0.1) is 0 Å². The van der Waals surface area contributed by atoms with E-state index < -0.39 is 47.8 Å². The van der Waals surface area contributed by atoms with E-state index in [1.165, 1.54) is 9.47 Å². The van der Waals surface area contributed by atoms with E-state index in [-0.39, 0.29) is 0 Å². The molecule has 0 radical (unpaired) electrons. The minimum atomic E-state index is -8.03. The van der Waals surface area contributed by atoms with Crippen LogP contribution in [0.25, 0.3) is 0 Å². The van der Waals surface area contributed by atoms with Gasteiger partial charge in [-0.25, -0.2) is 9.47 Å². The molecule has 170 valence electrons. The third-order valence-electron chi connectivity index (χ3n) is 2.30. The molecule has 0 N–H and O–H groups in total. The molecule has 0 heterocycles. The summed E-state index contributed by atoms with van der Waals surface area (Å²) in [7, 11) is 0. The highest BCUT2D eigenvalue weighted by atomic mass is 35.5. The van der Waals surface area contributed by atoms with Crippen LogP contribution in [-0.4, -0.2) is 47.8 Å². The quantitative estimate of drug-likeness (QED) is 0.307. The topological polar surface area (TPSA) is 18.5 Å². The van der Waals surface area contributed by atoms with E-state index >= 15 is 0 Å². The lowest BCUT2D eigenvalue weighted by atomic mass is 10.1. The number of rotatable bonds is 8. The van der Waals surface area contributed by atoms with Crippen LogP contribution in [0.15, 0.2) is 0 Å². The highest BCUT2D eigenvalue weighted by molar-refractivity contribution is 6.22. The van der Waals surface area contributed by atoms with Gasteiger partial charge in [0.05, 0.1) is 0 Å². The maximum absolute atomic E-state index is 12.8. The Hall–Kier alpha value is -0.980. The summed E-state index contributed by atoms with van der Waals surface area (Å²) in [5.41, 5.74) is 0. The maximum Gasteiger partial charge on any atom is 0.460 e. The van der Waals surface area contributed by atoms with E-state index in [9.17, 15) is 74.6 Å². The van der Waals surface area contributed by atoms with Gasteiger partial charge in [-0.05, 0) is 11.6 Å². The average molecular weight is 487 g/mol. The van der Waals surface area contributed by atoms with Gasteiger partial charge in [-0.3, -0.25) is 0 Å². The molecule has 2 nitrogen and oxygen atoms in total. The molecule has 0 aromatic rings. The first-order valence-electron chi connectivity index (χ1n) is 5.47. The monoisotopic (exact) mass is 486 g/mol. The third kappa shape index (κ3) is 4.60. The highest BCUT2D eigenvalue weighted by Gasteiger charge is 2.85. The summed E-state index contributed by atoms with van der Waals surface area (Å²) in [5, 5.41) is -6.25. The van der Waals surface area contributed by atoms with Gasteiger partial charge in [0.25, 0.3) is 0 Å². The predicted octanol–water partition coefficient (Wildman–Crippen LogP) is 6.06. The molecule has 0 aliphatic carbocycles. The molecule has 0 unspecified atom stereocenters. The molecule has 0 amide bonds. The molecule has 0 aliphatic heterocycles. The molecule has 0 aromatic heterocycles. The van der Waals surface area contributed by atoms with Crippen LogP contribution < -0.4 is 0 Å². The first-order chi connectivity index (χ1) is 11.7. The summed E-state index contributed by atoms with van der Waals surface area (Å²) < 4.78 is 213. The van der Waals surface area contributed by atoms with Crippen molar-refractivity contribution in [2.24, 2.45) is 0 Å². The second kappa shape index (κ2) is 6.78. The molecule has 0 rings (SSSR count). The molecule has 20 heteroatoms. The van der Waals surface area contributed by atoms with Gasteiger partial charge in [-0.2, -0.15) is 74.6 Å². The molecule has 0 saturated heterocycles. The summed E-state index contributed by atoms with van der Waals surface area (Å²) in [6, 6.07) is 0. The van der Waals surface area contributed by atoms with Crippen molar-refractivity contribution < 1.29 is 84.1 Å².